The molecule has 0 aromatic heterocycles. The van der Waals surface area contributed by atoms with E-state index in [9.17, 15) is 13.9 Å². The summed E-state index contributed by atoms with van der Waals surface area (Å²) in [7, 11) is 3.23. The Morgan fingerprint density at radius 3 is 2.13 bits per heavy atom. The molecule has 0 radical (unpaired) electrons. The molecule has 0 fully saturated rings. The van der Waals surface area contributed by atoms with E-state index in [1.165, 1.54) is 24.8 Å². The fourth-order valence-corrected chi connectivity index (χ4v) is 1.25. The Morgan fingerprint density at radius 2 is 1.73 bits per heavy atom. The van der Waals surface area contributed by atoms with E-state index in [-0.39, 0.29) is 5.69 Å². The summed E-state index contributed by atoms with van der Waals surface area (Å²) in [4.78, 5) is 1.47. The van der Waals surface area contributed by atoms with Crippen molar-refractivity contribution in [3.05, 3.63) is 29.3 Å². The third-order valence-electron chi connectivity index (χ3n) is 2.20. The highest BCUT2D eigenvalue weighted by molar-refractivity contribution is 5.50. The van der Waals surface area contributed by atoms with Gasteiger partial charge in [-0.2, -0.15) is 0 Å². The largest absolute Gasteiger partial charge is 0.386 e. The van der Waals surface area contributed by atoms with E-state index < -0.39 is 17.2 Å². The molecule has 1 aromatic carbocycles. The smallest absolute Gasteiger partial charge is 0.182 e. The second-order valence-corrected chi connectivity index (χ2v) is 4.24. The highest BCUT2D eigenvalue weighted by Gasteiger charge is 2.21. The molecule has 0 aliphatic carbocycles. The number of nitrogens with zero attached hydrogens (tertiary/aromatic N) is 1. The lowest BCUT2D eigenvalue weighted by atomic mass is 9.97. The van der Waals surface area contributed by atoms with E-state index in [0.717, 1.165) is 6.07 Å². The van der Waals surface area contributed by atoms with Crippen LogP contribution in [0.25, 0.3) is 0 Å². The van der Waals surface area contributed by atoms with Crippen molar-refractivity contribution in [2.24, 2.45) is 0 Å². The van der Waals surface area contributed by atoms with Crippen molar-refractivity contribution >= 4 is 5.69 Å². The third kappa shape index (κ3) is 2.45. The van der Waals surface area contributed by atoms with Gasteiger partial charge in [0.25, 0.3) is 0 Å². The molecule has 1 N–H and O–H groups in total. The van der Waals surface area contributed by atoms with Crippen LogP contribution in [-0.4, -0.2) is 19.2 Å². The molecule has 0 spiro atoms. The molecule has 0 aliphatic heterocycles. The average Bonchev–Trinajstić information content (AvgIpc) is 2.06. The van der Waals surface area contributed by atoms with Gasteiger partial charge in [0.15, 0.2) is 11.6 Å². The number of rotatable bonds is 2. The third-order valence-corrected chi connectivity index (χ3v) is 2.20. The Kier molecular flexibility index (Phi) is 3.00. The van der Waals surface area contributed by atoms with Crippen LogP contribution in [-0.2, 0) is 5.60 Å². The molecule has 0 saturated heterocycles. The fourth-order valence-electron chi connectivity index (χ4n) is 1.25. The summed E-state index contributed by atoms with van der Waals surface area (Å²) < 4.78 is 26.5. The first-order chi connectivity index (χ1) is 6.73. The Hall–Kier alpha value is -1.16. The average molecular weight is 215 g/mol. The molecule has 1 rings (SSSR count). The molecular formula is C11H15F2NO. The first kappa shape index (κ1) is 11.9. The van der Waals surface area contributed by atoms with Crippen molar-refractivity contribution in [3.63, 3.8) is 0 Å². The van der Waals surface area contributed by atoms with Gasteiger partial charge in [0.1, 0.15) is 0 Å². The number of hydrogen-bond donors (Lipinski definition) is 1. The van der Waals surface area contributed by atoms with E-state index in [1.54, 1.807) is 14.1 Å². The Balaban J connectivity index is 3.36. The lowest BCUT2D eigenvalue weighted by Crippen LogP contribution is -2.19. The van der Waals surface area contributed by atoms with E-state index >= 15 is 0 Å². The second-order valence-electron chi connectivity index (χ2n) is 4.24. The van der Waals surface area contributed by atoms with Crippen LogP contribution >= 0.6 is 0 Å². The van der Waals surface area contributed by atoms with E-state index in [4.69, 9.17) is 0 Å². The SMILES string of the molecule is CN(C)c1cc(C(C)(C)O)cc(F)c1F. The van der Waals surface area contributed by atoms with Crippen LogP contribution in [0.4, 0.5) is 14.5 Å². The molecule has 0 bridgehead atoms. The van der Waals surface area contributed by atoms with Gasteiger partial charge in [0, 0.05) is 14.1 Å². The quantitative estimate of drug-likeness (QED) is 0.818. The van der Waals surface area contributed by atoms with Crippen LogP contribution < -0.4 is 4.90 Å². The highest BCUT2D eigenvalue weighted by Crippen LogP contribution is 2.28. The van der Waals surface area contributed by atoms with Gasteiger partial charge in [0.05, 0.1) is 11.3 Å². The number of aliphatic hydroxyl groups is 1. The van der Waals surface area contributed by atoms with E-state index in [1.807, 2.05) is 0 Å². The van der Waals surface area contributed by atoms with Crippen LogP contribution in [0.5, 0.6) is 0 Å². The van der Waals surface area contributed by atoms with Crippen molar-refractivity contribution in [2.75, 3.05) is 19.0 Å². The molecule has 84 valence electrons. The monoisotopic (exact) mass is 215 g/mol. The lowest BCUT2D eigenvalue weighted by molar-refractivity contribution is 0.0781. The minimum Gasteiger partial charge on any atom is -0.386 e. The van der Waals surface area contributed by atoms with Gasteiger partial charge < -0.3 is 10.0 Å². The van der Waals surface area contributed by atoms with Gasteiger partial charge in [-0.1, -0.05) is 0 Å². The van der Waals surface area contributed by atoms with Crippen LogP contribution in [0.1, 0.15) is 19.4 Å². The number of benzene rings is 1. The van der Waals surface area contributed by atoms with Gasteiger partial charge in [0.2, 0.25) is 0 Å². The van der Waals surface area contributed by atoms with Crippen LogP contribution in [0.2, 0.25) is 0 Å². The summed E-state index contributed by atoms with van der Waals surface area (Å²) in [6, 6.07) is 2.46. The first-order valence-corrected chi connectivity index (χ1v) is 4.62. The Bertz CT molecular complexity index is 370. The normalized spacial score (nSPS) is 11.7. The molecule has 0 atom stereocenters. The predicted octanol–water partition coefficient (Wildman–Crippen LogP) is 2.26. The number of anilines is 1. The predicted molar refractivity (Wildman–Crippen MR) is 55.9 cm³/mol. The molecule has 0 saturated carbocycles. The minimum atomic E-state index is -1.18. The molecule has 0 aliphatic rings. The first-order valence-electron chi connectivity index (χ1n) is 4.62. The molecule has 0 heterocycles. The van der Waals surface area contributed by atoms with Crippen molar-refractivity contribution in [1.29, 1.82) is 0 Å². The summed E-state index contributed by atoms with van der Waals surface area (Å²) in [6.45, 7) is 3.05. The molecule has 0 amide bonds. The van der Waals surface area contributed by atoms with Crippen LogP contribution in [0.3, 0.4) is 0 Å². The molecule has 4 heteroatoms. The summed E-state index contributed by atoms with van der Waals surface area (Å²) in [6.07, 6.45) is 0. The van der Waals surface area contributed by atoms with Gasteiger partial charge in [-0.25, -0.2) is 8.78 Å². The molecule has 0 unspecified atom stereocenters. The number of halogens is 2. The minimum absolute atomic E-state index is 0.132. The summed E-state index contributed by atoms with van der Waals surface area (Å²) >= 11 is 0. The van der Waals surface area contributed by atoms with Crippen molar-refractivity contribution in [2.45, 2.75) is 19.4 Å². The van der Waals surface area contributed by atoms with Crippen molar-refractivity contribution in [3.8, 4) is 0 Å². The zero-order chi connectivity index (χ0) is 11.8. The maximum atomic E-state index is 13.3. The molecule has 15 heavy (non-hydrogen) atoms. The van der Waals surface area contributed by atoms with Gasteiger partial charge in [-0.15, -0.1) is 0 Å². The fraction of sp³-hybridized carbons (Fsp3) is 0.455. The van der Waals surface area contributed by atoms with E-state index in [2.05, 4.69) is 0 Å². The van der Waals surface area contributed by atoms with Gasteiger partial charge in [-0.05, 0) is 31.5 Å². The molecule has 2 nitrogen and oxygen atoms in total. The van der Waals surface area contributed by atoms with Gasteiger partial charge in [-0.3, -0.25) is 0 Å². The number of hydrogen-bond acceptors (Lipinski definition) is 2. The Morgan fingerprint density at radius 1 is 1.20 bits per heavy atom. The zero-order valence-corrected chi connectivity index (χ0v) is 9.31. The summed E-state index contributed by atoms with van der Waals surface area (Å²) in [5, 5.41) is 9.70. The zero-order valence-electron chi connectivity index (χ0n) is 9.31. The molecular weight excluding hydrogens is 200 g/mol. The van der Waals surface area contributed by atoms with E-state index in [0.29, 0.717) is 5.56 Å². The van der Waals surface area contributed by atoms with Gasteiger partial charge >= 0.3 is 0 Å². The summed E-state index contributed by atoms with van der Waals surface area (Å²) in [5.41, 5.74) is -0.698. The van der Waals surface area contributed by atoms with Crippen molar-refractivity contribution < 1.29 is 13.9 Å². The standard InChI is InChI=1S/C11H15F2NO/c1-11(2,15)7-5-8(12)10(13)9(6-7)14(3)4/h5-6,15H,1-4H3. The Labute approximate surface area is 88.1 Å². The van der Waals surface area contributed by atoms with Crippen LogP contribution in [0, 0.1) is 11.6 Å². The lowest BCUT2D eigenvalue weighted by Gasteiger charge is -2.21. The highest BCUT2D eigenvalue weighted by atomic mass is 19.2. The maximum absolute atomic E-state index is 13.3. The summed E-state index contributed by atoms with van der Waals surface area (Å²) in [5.74, 6) is -1.84. The molecule has 1 aromatic rings. The maximum Gasteiger partial charge on any atom is 0.182 e. The topological polar surface area (TPSA) is 23.5 Å². The van der Waals surface area contributed by atoms with Crippen LogP contribution in [0.15, 0.2) is 12.1 Å². The van der Waals surface area contributed by atoms with Crippen molar-refractivity contribution in [1.82, 2.24) is 0 Å². The second kappa shape index (κ2) is 3.77.